The largest absolute Gasteiger partial charge is 0.435 e. The standard InChI is InChI=1S/C13H14ClF2NO2/c14-8-13(5-2-6-13)17-11(18)9-3-1-4-10(7-9)19-12(15)16/h1,3-4,7,12H,2,5-6,8H2,(H,17,18). The molecule has 6 heteroatoms. The van der Waals surface area contributed by atoms with Crippen LogP contribution in [-0.2, 0) is 0 Å². The molecule has 1 amide bonds. The van der Waals surface area contributed by atoms with Gasteiger partial charge in [-0.05, 0) is 37.5 Å². The Kier molecular flexibility index (Phi) is 4.24. The van der Waals surface area contributed by atoms with E-state index in [0.29, 0.717) is 5.88 Å². The normalized spacial score (nSPS) is 16.8. The van der Waals surface area contributed by atoms with Gasteiger partial charge in [0.1, 0.15) is 5.75 Å². The van der Waals surface area contributed by atoms with Crippen molar-refractivity contribution in [3.05, 3.63) is 29.8 Å². The second kappa shape index (κ2) is 5.74. The van der Waals surface area contributed by atoms with Gasteiger partial charge in [-0.15, -0.1) is 11.6 Å². The number of amides is 1. The zero-order valence-corrected chi connectivity index (χ0v) is 10.9. The van der Waals surface area contributed by atoms with Crippen molar-refractivity contribution in [1.82, 2.24) is 5.32 Å². The van der Waals surface area contributed by atoms with Crippen LogP contribution in [0.4, 0.5) is 8.78 Å². The van der Waals surface area contributed by atoms with Crippen molar-refractivity contribution >= 4 is 17.5 Å². The highest BCUT2D eigenvalue weighted by molar-refractivity contribution is 6.19. The summed E-state index contributed by atoms with van der Waals surface area (Å²) in [6, 6.07) is 5.72. The van der Waals surface area contributed by atoms with E-state index < -0.39 is 6.61 Å². The van der Waals surface area contributed by atoms with Crippen LogP contribution in [0.25, 0.3) is 0 Å². The lowest BCUT2D eigenvalue weighted by Gasteiger charge is -2.41. The lowest BCUT2D eigenvalue weighted by Crippen LogP contribution is -2.55. The maximum atomic E-state index is 12.1. The number of hydrogen-bond donors (Lipinski definition) is 1. The number of ether oxygens (including phenoxy) is 1. The molecule has 1 aromatic rings. The van der Waals surface area contributed by atoms with Gasteiger partial charge in [0.05, 0.1) is 5.54 Å². The average molecular weight is 290 g/mol. The Bertz CT molecular complexity index is 458. The predicted octanol–water partition coefficient (Wildman–Crippen LogP) is 3.18. The summed E-state index contributed by atoms with van der Waals surface area (Å²) < 4.78 is 28.5. The van der Waals surface area contributed by atoms with Gasteiger partial charge in [-0.3, -0.25) is 4.79 Å². The highest BCUT2D eigenvalue weighted by Gasteiger charge is 2.37. The summed E-state index contributed by atoms with van der Waals surface area (Å²) in [5.41, 5.74) is -0.0624. The van der Waals surface area contributed by atoms with Gasteiger partial charge in [0, 0.05) is 11.4 Å². The SMILES string of the molecule is O=C(NC1(CCl)CCC1)c1cccc(OC(F)F)c1. The molecule has 1 aliphatic carbocycles. The van der Waals surface area contributed by atoms with Crippen LogP contribution < -0.4 is 10.1 Å². The van der Waals surface area contributed by atoms with Gasteiger partial charge < -0.3 is 10.1 Å². The van der Waals surface area contributed by atoms with Crippen LogP contribution in [0.15, 0.2) is 24.3 Å². The Labute approximate surface area is 114 Å². The summed E-state index contributed by atoms with van der Waals surface area (Å²) in [5.74, 6) is 0.00244. The van der Waals surface area contributed by atoms with E-state index in [9.17, 15) is 13.6 Å². The summed E-state index contributed by atoms with van der Waals surface area (Å²) >= 11 is 5.85. The van der Waals surface area contributed by atoms with E-state index in [1.165, 1.54) is 18.2 Å². The number of alkyl halides is 3. The first-order valence-electron chi connectivity index (χ1n) is 5.98. The molecule has 19 heavy (non-hydrogen) atoms. The first kappa shape index (κ1) is 14.1. The molecule has 1 aliphatic rings. The topological polar surface area (TPSA) is 38.3 Å². The minimum atomic E-state index is -2.90. The van der Waals surface area contributed by atoms with E-state index in [1.807, 2.05) is 0 Å². The smallest absolute Gasteiger partial charge is 0.387 e. The van der Waals surface area contributed by atoms with Crippen LogP contribution in [0.3, 0.4) is 0 Å². The predicted molar refractivity (Wildman–Crippen MR) is 67.8 cm³/mol. The summed E-state index contributed by atoms with van der Waals surface area (Å²) in [6.07, 6.45) is 2.71. The van der Waals surface area contributed by atoms with Gasteiger partial charge in [-0.2, -0.15) is 8.78 Å². The molecule has 0 saturated heterocycles. The highest BCUT2D eigenvalue weighted by atomic mass is 35.5. The molecular formula is C13H14ClF2NO2. The molecule has 0 spiro atoms. The van der Waals surface area contributed by atoms with Crippen LogP contribution in [0.5, 0.6) is 5.75 Å². The molecule has 0 unspecified atom stereocenters. The van der Waals surface area contributed by atoms with Crippen molar-refractivity contribution in [2.24, 2.45) is 0 Å². The molecule has 1 saturated carbocycles. The number of rotatable bonds is 5. The van der Waals surface area contributed by atoms with E-state index in [4.69, 9.17) is 11.6 Å². The van der Waals surface area contributed by atoms with Gasteiger partial charge in [0.15, 0.2) is 0 Å². The van der Waals surface area contributed by atoms with Crippen molar-refractivity contribution in [3.8, 4) is 5.75 Å². The van der Waals surface area contributed by atoms with Gasteiger partial charge >= 0.3 is 6.61 Å². The minimum Gasteiger partial charge on any atom is -0.435 e. The number of carbonyl (C=O) groups is 1. The Morgan fingerprint density at radius 2 is 2.21 bits per heavy atom. The van der Waals surface area contributed by atoms with Crippen molar-refractivity contribution < 1.29 is 18.3 Å². The number of nitrogens with one attached hydrogen (secondary N) is 1. The molecule has 0 bridgehead atoms. The van der Waals surface area contributed by atoms with Crippen molar-refractivity contribution in [2.45, 2.75) is 31.4 Å². The molecule has 3 nitrogen and oxygen atoms in total. The Morgan fingerprint density at radius 3 is 2.74 bits per heavy atom. The summed E-state index contributed by atoms with van der Waals surface area (Å²) in [4.78, 5) is 12.0. The lowest BCUT2D eigenvalue weighted by atomic mass is 9.78. The fraction of sp³-hybridized carbons (Fsp3) is 0.462. The lowest BCUT2D eigenvalue weighted by molar-refractivity contribution is -0.0498. The Morgan fingerprint density at radius 1 is 1.47 bits per heavy atom. The molecular weight excluding hydrogens is 276 g/mol. The molecule has 1 fully saturated rings. The summed E-state index contributed by atoms with van der Waals surface area (Å²) in [6.45, 7) is -2.90. The van der Waals surface area contributed by atoms with Crippen LogP contribution in [0.1, 0.15) is 29.6 Å². The fourth-order valence-corrected chi connectivity index (χ4v) is 2.36. The van der Waals surface area contributed by atoms with Gasteiger partial charge in [-0.25, -0.2) is 0 Å². The quantitative estimate of drug-likeness (QED) is 0.846. The monoisotopic (exact) mass is 289 g/mol. The molecule has 0 radical (unpaired) electrons. The van der Waals surface area contributed by atoms with E-state index in [2.05, 4.69) is 10.1 Å². The van der Waals surface area contributed by atoms with Crippen LogP contribution in [0.2, 0.25) is 0 Å². The Hall–Kier alpha value is -1.36. The summed E-state index contributed by atoms with van der Waals surface area (Å²) in [5, 5.41) is 2.86. The van der Waals surface area contributed by atoms with Crippen LogP contribution in [0, 0.1) is 0 Å². The van der Waals surface area contributed by atoms with E-state index in [0.717, 1.165) is 19.3 Å². The average Bonchev–Trinajstić information content (AvgIpc) is 2.33. The number of carbonyl (C=O) groups excluding carboxylic acids is 1. The first-order valence-corrected chi connectivity index (χ1v) is 6.51. The molecule has 1 N–H and O–H groups in total. The zero-order chi connectivity index (χ0) is 13.9. The second-order valence-electron chi connectivity index (χ2n) is 4.63. The number of halogens is 3. The third-order valence-corrected chi connectivity index (χ3v) is 3.78. The molecule has 2 rings (SSSR count). The van der Waals surface area contributed by atoms with Gasteiger partial charge in [0.2, 0.25) is 0 Å². The molecule has 104 valence electrons. The molecule has 0 heterocycles. The van der Waals surface area contributed by atoms with E-state index >= 15 is 0 Å². The molecule has 0 aromatic heterocycles. The van der Waals surface area contributed by atoms with Crippen LogP contribution in [-0.4, -0.2) is 23.9 Å². The molecule has 1 aromatic carbocycles. The maximum Gasteiger partial charge on any atom is 0.387 e. The number of hydrogen-bond acceptors (Lipinski definition) is 2. The molecule has 0 atom stereocenters. The fourth-order valence-electron chi connectivity index (χ4n) is 2.02. The third kappa shape index (κ3) is 3.35. The Balaban J connectivity index is 2.06. The van der Waals surface area contributed by atoms with Gasteiger partial charge in [-0.1, -0.05) is 6.07 Å². The number of benzene rings is 1. The van der Waals surface area contributed by atoms with Crippen molar-refractivity contribution in [2.75, 3.05) is 5.88 Å². The van der Waals surface area contributed by atoms with Crippen LogP contribution >= 0.6 is 11.6 Å². The first-order chi connectivity index (χ1) is 9.04. The zero-order valence-electron chi connectivity index (χ0n) is 10.2. The van der Waals surface area contributed by atoms with Crippen molar-refractivity contribution in [3.63, 3.8) is 0 Å². The summed E-state index contributed by atoms with van der Waals surface area (Å²) in [7, 11) is 0. The van der Waals surface area contributed by atoms with E-state index in [1.54, 1.807) is 6.07 Å². The van der Waals surface area contributed by atoms with E-state index in [-0.39, 0.29) is 22.8 Å². The third-order valence-electron chi connectivity index (χ3n) is 3.27. The van der Waals surface area contributed by atoms with Crippen molar-refractivity contribution in [1.29, 1.82) is 0 Å². The van der Waals surface area contributed by atoms with Gasteiger partial charge in [0.25, 0.3) is 5.91 Å². The second-order valence-corrected chi connectivity index (χ2v) is 4.90. The maximum absolute atomic E-state index is 12.1. The molecule has 0 aliphatic heterocycles. The highest BCUT2D eigenvalue weighted by Crippen LogP contribution is 2.33. The minimum absolute atomic E-state index is 0.0313.